The molecule has 0 aromatic heterocycles. The molecule has 0 radical (unpaired) electrons. The van der Waals surface area contributed by atoms with E-state index in [1.807, 2.05) is 0 Å². The van der Waals surface area contributed by atoms with Crippen molar-refractivity contribution in [3.63, 3.8) is 0 Å². The number of hydrogen-bond acceptors (Lipinski definition) is 8. The summed E-state index contributed by atoms with van der Waals surface area (Å²) >= 11 is 0. The van der Waals surface area contributed by atoms with Gasteiger partial charge in [-0.25, -0.2) is 4.79 Å². The van der Waals surface area contributed by atoms with Crippen LogP contribution in [0.15, 0.2) is 24.3 Å². The van der Waals surface area contributed by atoms with Crippen molar-refractivity contribution in [2.24, 2.45) is 11.5 Å². The molecule has 0 aliphatic heterocycles. The van der Waals surface area contributed by atoms with E-state index in [9.17, 15) is 39.0 Å². The zero-order valence-corrected chi connectivity index (χ0v) is 18.0. The predicted octanol–water partition coefficient (Wildman–Crippen LogP) is -2.83. The molecule has 0 heterocycles. The number of hydrogen-bond donors (Lipinski definition) is 8. The number of benzene rings is 1. The van der Waals surface area contributed by atoms with Crippen molar-refractivity contribution in [3.8, 4) is 5.75 Å². The summed E-state index contributed by atoms with van der Waals surface area (Å²) in [7, 11) is 0. The summed E-state index contributed by atoms with van der Waals surface area (Å²) in [5, 5.41) is 34.1. The van der Waals surface area contributed by atoms with Crippen molar-refractivity contribution in [1.82, 2.24) is 16.0 Å². The number of nitrogens with one attached hydrogen (secondary N) is 3. The van der Waals surface area contributed by atoms with Gasteiger partial charge in [0.05, 0.1) is 19.0 Å². The molecule has 0 aliphatic rings. The van der Waals surface area contributed by atoms with Crippen LogP contribution in [0.1, 0.15) is 24.8 Å². The minimum atomic E-state index is -1.45. The van der Waals surface area contributed by atoms with Gasteiger partial charge in [-0.1, -0.05) is 12.1 Å². The molecule has 3 unspecified atom stereocenters. The number of aromatic hydroxyl groups is 1. The maximum atomic E-state index is 12.7. The van der Waals surface area contributed by atoms with E-state index in [1.54, 1.807) is 0 Å². The highest BCUT2D eigenvalue weighted by Crippen LogP contribution is 2.12. The van der Waals surface area contributed by atoms with E-state index >= 15 is 0 Å². The normalized spacial score (nSPS) is 13.1. The quantitative estimate of drug-likeness (QED) is 0.135. The molecule has 34 heavy (non-hydrogen) atoms. The fraction of sp³-hybridized carbons (Fsp3) is 0.400. The third kappa shape index (κ3) is 10.4. The number of amides is 4. The standard InChI is InChI=1S/C20H27N5O9/c21-12(8-17(29)30)18(31)23-9-16(28)24-14(7-10-1-3-11(26)4-2-10)19(32)25-13(20(33)34)5-6-15(22)27/h1-4,12-14,26H,5-9,21H2,(H2,22,27)(H,23,31)(H,24,28)(H,25,32)(H,29,30)(H,33,34). The second-order valence-corrected chi connectivity index (χ2v) is 7.32. The Morgan fingerprint density at radius 2 is 1.53 bits per heavy atom. The molecule has 0 spiro atoms. The molecule has 0 saturated carbocycles. The molecule has 0 fully saturated rings. The summed E-state index contributed by atoms with van der Waals surface area (Å²) in [4.78, 5) is 69.8. The largest absolute Gasteiger partial charge is 0.508 e. The van der Waals surface area contributed by atoms with E-state index in [-0.39, 0.29) is 25.0 Å². The first kappa shape index (κ1) is 27.8. The monoisotopic (exact) mass is 481 g/mol. The Labute approximate surface area is 193 Å². The van der Waals surface area contributed by atoms with Gasteiger partial charge in [-0.3, -0.25) is 24.0 Å². The Morgan fingerprint density at radius 1 is 0.912 bits per heavy atom. The third-order valence-electron chi connectivity index (χ3n) is 4.48. The summed E-state index contributed by atoms with van der Waals surface area (Å²) in [5.41, 5.74) is 10.9. The third-order valence-corrected chi connectivity index (χ3v) is 4.48. The zero-order valence-electron chi connectivity index (χ0n) is 18.0. The first-order valence-electron chi connectivity index (χ1n) is 10.0. The molecule has 186 valence electrons. The van der Waals surface area contributed by atoms with Crippen LogP contribution in [-0.2, 0) is 35.2 Å². The minimum Gasteiger partial charge on any atom is -0.508 e. The number of carbonyl (C=O) groups excluding carboxylic acids is 4. The van der Waals surface area contributed by atoms with Gasteiger partial charge in [-0.2, -0.15) is 0 Å². The maximum absolute atomic E-state index is 12.7. The molecule has 1 aromatic rings. The van der Waals surface area contributed by atoms with Gasteiger partial charge in [0.15, 0.2) is 0 Å². The van der Waals surface area contributed by atoms with Crippen LogP contribution in [0.2, 0.25) is 0 Å². The zero-order chi connectivity index (χ0) is 25.8. The second kappa shape index (κ2) is 13.4. The number of aliphatic carboxylic acids is 2. The van der Waals surface area contributed by atoms with Crippen LogP contribution in [0.4, 0.5) is 0 Å². The van der Waals surface area contributed by atoms with Crippen molar-refractivity contribution in [2.45, 2.75) is 43.8 Å². The lowest BCUT2D eigenvalue weighted by molar-refractivity contribution is -0.142. The van der Waals surface area contributed by atoms with E-state index in [0.717, 1.165) is 0 Å². The smallest absolute Gasteiger partial charge is 0.326 e. The van der Waals surface area contributed by atoms with Crippen molar-refractivity contribution in [3.05, 3.63) is 29.8 Å². The van der Waals surface area contributed by atoms with Gasteiger partial charge in [0.25, 0.3) is 0 Å². The van der Waals surface area contributed by atoms with Crippen molar-refractivity contribution in [1.29, 1.82) is 0 Å². The molecule has 14 nitrogen and oxygen atoms in total. The highest BCUT2D eigenvalue weighted by atomic mass is 16.4. The summed E-state index contributed by atoms with van der Waals surface area (Å²) in [6.45, 7) is -0.629. The SMILES string of the molecule is NC(=O)CCC(NC(=O)C(Cc1ccc(O)cc1)NC(=O)CNC(=O)C(N)CC(=O)O)C(=O)O. The van der Waals surface area contributed by atoms with Crippen LogP contribution in [-0.4, -0.2) is 75.6 Å². The van der Waals surface area contributed by atoms with Gasteiger partial charge >= 0.3 is 11.9 Å². The van der Waals surface area contributed by atoms with E-state index in [4.69, 9.17) is 16.6 Å². The van der Waals surface area contributed by atoms with E-state index in [2.05, 4.69) is 16.0 Å². The fourth-order valence-electron chi connectivity index (χ4n) is 2.72. The van der Waals surface area contributed by atoms with Crippen LogP contribution in [0.3, 0.4) is 0 Å². The Morgan fingerprint density at radius 3 is 2.06 bits per heavy atom. The van der Waals surface area contributed by atoms with Gasteiger partial charge in [0.2, 0.25) is 23.6 Å². The average Bonchev–Trinajstić information content (AvgIpc) is 2.74. The Bertz CT molecular complexity index is 920. The van der Waals surface area contributed by atoms with Crippen LogP contribution in [0, 0.1) is 0 Å². The highest BCUT2D eigenvalue weighted by molar-refractivity contribution is 5.93. The Kier molecular flexibility index (Phi) is 10.9. The molecule has 1 rings (SSSR count). The molecule has 0 saturated heterocycles. The number of phenolic OH excluding ortho intramolecular Hbond substituents is 1. The van der Waals surface area contributed by atoms with Gasteiger partial charge in [0.1, 0.15) is 17.8 Å². The molecule has 10 N–H and O–H groups in total. The van der Waals surface area contributed by atoms with Crippen LogP contribution in [0.25, 0.3) is 0 Å². The molecule has 0 aliphatic carbocycles. The summed E-state index contributed by atoms with van der Waals surface area (Å²) in [6, 6.07) is 1.53. The number of carboxylic acids is 2. The highest BCUT2D eigenvalue weighted by Gasteiger charge is 2.27. The predicted molar refractivity (Wildman–Crippen MR) is 115 cm³/mol. The molecule has 1 aromatic carbocycles. The number of nitrogens with two attached hydrogens (primary N) is 2. The van der Waals surface area contributed by atoms with E-state index < -0.39 is 66.7 Å². The van der Waals surface area contributed by atoms with Gasteiger partial charge < -0.3 is 42.7 Å². The second-order valence-electron chi connectivity index (χ2n) is 7.32. The topological polar surface area (TPSA) is 251 Å². The van der Waals surface area contributed by atoms with Gasteiger partial charge in [-0.05, 0) is 24.1 Å². The van der Waals surface area contributed by atoms with Gasteiger partial charge in [0, 0.05) is 12.8 Å². The van der Waals surface area contributed by atoms with E-state index in [0.29, 0.717) is 5.56 Å². The maximum Gasteiger partial charge on any atom is 0.326 e. The number of rotatable bonds is 14. The molecular formula is C20H27N5O9. The first-order chi connectivity index (χ1) is 15.9. The fourth-order valence-corrected chi connectivity index (χ4v) is 2.72. The number of primary amides is 1. The molecular weight excluding hydrogens is 454 g/mol. The molecule has 14 heteroatoms. The lowest BCUT2D eigenvalue weighted by Crippen LogP contribution is -2.54. The number of carboxylic acid groups (broad SMARTS) is 2. The van der Waals surface area contributed by atoms with Crippen LogP contribution >= 0.6 is 0 Å². The average molecular weight is 481 g/mol. The Hall–Kier alpha value is -4.20. The molecule has 4 amide bonds. The first-order valence-corrected chi connectivity index (χ1v) is 10.0. The molecule has 0 bridgehead atoms. The lowest BCUT2D eigenvalue weighted by atomic mass is 10.0. The summed E-state index contributed by atoms with van der Waals surface area (Å²) in [6.07, 6.45) is -1.32. The van der Waals surface area contributed by atoms with E-state index in [1.165, 1.54) is 24.3 Å². The summed E-state index contributed by atoms with van der Waals surface area (Å²) in [5.74, 6) is -6.12. The molecule has 3 atom stereocenters. The van der Waals surface area contributed by atoms with Crippen molar-refractivity contribution < 1.29 is 44.1 Å². The van der Waals surface area contributed by atoms with Crippen LogP contribution < -0.4 is 27.4 Å². The lowest BCUT2D eigenvalue weighted by Gasteiger charge is -2.22. The summed E-state index contributed by atoms with van der Waals surface area (Å²) < 4.78 is 0. The van der Waals surface area contributed by atoms with Crippen LogP contribution in [0.5, 0.6) is 5.75 Å². The number of carbonyl (C=O) groups is 6. The van der Waals surface area contributed by atoms with Crippen molar-refractivity contribution in [2.75, 3.05) is 6.54 Å². The van der Waals surface area contributed by atoms with Gasteiger partial charge in [-0.15, -0.1) is 0 Å². The minimum absolute atomic E-state index is 0.0356. The Balaban J connectivity index is 2.89. The number of phenols is 1. The van der Waals surface area contributed by atoms with Crippen molar-refractivity contribution >= 4 is 35.6 Å².